The third kappa shape index (κ3) is 4.09. The maximum Gasteiger partial charge on any atom is 0.272 e. The van der Waals surface area contributed by atoms with Gasteiger partial charge in [0.1, 0.15) is 11.2 Å². The van der Waals surface area contributed by atoms with Crippen LogP contribution in [-0.4, -0.2) is 50.0 Å². The maximum atomic E-state index is 13.0. The standard InChI is InChI=1S/C23H24N6O3/c1-23(22(32)26-13-16-8-4-3-5-9-16)15-29-19(21(31)28(23)2)12-18(27-29)20(30)25-14-17-10-6-7-11-24-17/h3-12H,13-15H2,1-2H3,(H,25,30)(H,26,32)/t23-/m1/s1. The summed E-state index contributed by atoms with van der Waals surface area (Å²) in [5.41, 5.74) is 0.909. The molecule has 9 nitrogen and oxygen atoms in total. The number of nitrogens with one attached hydrogen (secondary N) is 2. The summed E-state index contributed by atoms with van der Waals surface area (Å²) in [6.07, 6.45) is 1.65. The number of hydrogen-bond acceptors (Lipinski definition) is 5. The van der Waals surface area contributed by atoms with Gasteiger partial charge in [-0.3, -0.25) is 24.0 Å². The number of amides is 3. The van der Waals surface area contributed by atoms with E-state index in [-0.39, 0.29) is 36.3 Å². The normalized spacial score (nSPS) is 17.6. The predicted molar refractivity (Wildman–Crippen MR) is 116 cm³/mol. The summed E-state index contributed by atoms with van der Waals surface area (Å²) in [7, 11) is 1.59. The van der Waals surface area contributed by atoms with Crippen LogP contribution >= 0.6 is 0 Å². The number of rotatable bonds is 6. The fourth-order valence-corrected chi connectivity index (χ4v) is 3.57. The number of carbonyl (C=O) groups is 3. The number of aromatic nitrogens is 3. The summed E-state index contributed by atoms with van der Waals surface area (Å²) in [6.45, 7) is 2.43. The van der Waals surface area contributed by atoms with Gasteiger partial charge in [0, 0.05) is 25.9 Å². The highest BCUT2D eigenvalue weighted by Crippen LogP contribution is 2.26. The summed E-state index contributed by atoms with van der Waals surface area (Å²) in [5, 5.41) is 9.95. The van der Waals surface area contributed by atoms with Crippen LogP contribution in [0.3, 0.4) is 0 Å². The molecule has 164 valence electrons. The number of fused-ring (bicyclic) bond motifs is 1. The molecule has 0 bridgehead atoms. The van der Waals surface area contributed by atoms with E-state index in [1.54, 1.807) is 32.3 Å². The molecular weight excluding hydrogens is 408 g/mol. The van der Waals surface area contributed by atoms with Crippen LogP contribution in [0.4, 0.5) is 0 Å². The molecule has 0 saturated carbocycles. The molecule has 0 spiro atoms. The summed E-state index contributed by atoms with van der Waals surface area (Å²) >= 11 is 0. The SMILES string of the molecule is CN1C(=O)c2cc(C(=O)NCc3ccccn3)nn2C[C@]1(C)C(=O)NCc1ccccc1. The van der Waals surface area contributed by atoms with Crippen LogP contribution in [0.5, 0.6) is 0 Å². The van der Waals surface area contributed by atoms with E-state index in [0.29, 0.717) is 12.2 Å². The van der Waals surface area contributed by atoms with E-state index in [4.69, 9.17) is 0 Å². The number of benzene rings is 1. The van der Waals surface area contributed by atoms with Crippen LogP contribution in [-0.2, 0) is 24.4 Å². The fraction of sp³-hybridized carbons (Fsp3) is 0.261. The van der Waals surface area contributed by atoms with Gasteiger partial charge >= 0.3 is 0 Å². The van der Waals surface area contributed by atoms with E-state index in [2.05, 4.69) is 20.7 Å². The largest absolute Gasteiger partial charge is 0.350 e. The van der Waals surface area contributed by atoms with Crippen molar-refractivity contribution in [1.82, 2.24) is 30.3 Å². The predicted octanol–water partition coefficient (Wildman–Crippen LogP) is 1.37. The van der Waals surface area contributed by atoms with Crippen molar-refractivity contribution in [3.63, 3.8) is 0 Å². The van der Waals surface area contributed by atoms with Gasteiger partial charge in [-0.15, -0.1) is 0 Å². The molecule has 3 amide bonds. The average molecular weight is 432 g/mol. The number of likely N-dealkylation sites (N-methyl/N-ethyl adjacent to an activating group) is 1. The molecule has 3 heterocycles. The Morgan fingerprint density at radius 3 is 2.53 bits per heavy atom. The summed E-state index contributed by atoms with van der Waals surface area (Å²) < 4.78 is 1.43. The van der Waals surface area contributed by atoms with Gasteiger partial charge in [0.05, 0.1) is 18.8 Å². The fourth-order valence-electron chi connectivity index (χ4n) is 3.57. The molecule has 1 aliphatic rings. The molecule has 0 fully saturated rings. The third-order valence-electron chi connectivity index (χ3n) is 5.68. The Bertz CT molecular complexity index is 1150. The second-order valence-corrected chi connectivity index (χ2v) is 7.88. The highest BCUT2D eigenvalue weighted by Gasteiger charge is 2.46. The van der Waals surface area contributed by atoms with Crippen LogP contribution in [0.1, 0.15) is 39.2 Å². The van der Waals surface area contributed by atoms with Crippen LogP contribution in [0, 0.1) is 0 Å². The second-order valence-electron chi connectivity index (χ2n) is 7.88. The zero-order chi connectivity index (χ0) is 22.7. The van der Waals surface area contributed by atoms with Crippen molar-refractivity contribution in [1.29, 1.82) is 0 Å². The van der Waals surface area contributed by atoms with Gasteiger partial charge in [0.2, 0.25) is 5.91 Å². The first-order valence-electron chi connectivity index (χ1n) is 10.2. The zero-order valence-corrected chi connectivity index (χ0v) is 17.9. The Hall–Kier alpha value is -4.01. The lowest BCUT2D eigenvalue weighted by Crippen LogP contribution is -2.62. The first-order chi connectivity index (χ1) is 15.4. The molecule has 0 saturated heterocycles. The Morgan fingerprint density at radius 1 is 1.06 bits per heavy atom. The lowest BCUT2D eigenvalue weighted by atomic mass is 9.96. The van der Waals surface area contributed by atoms with Gasteiger partial charge in [0.25, 0.3) is 11.8 Å². The van der Waals surface area contributed by atoms with Gasteiger partial charge < -0.3 is 15.5 Å². The molecule has 3 aromatic rings. The number of nitrogens with zero attached hydrogens (tertiary/aromatic N) is 4. The average Bonchev–Trinajstić information content (AvgIpc) is 3.24. The summed E-state index contributed by atoms with van der Waals surface area (Å²) in [6, 6.07) is 16.4. The molecule has 1 aromatic carbocycles. The van der Waals surface area contributed by atoms with Crippen molar-refractivity contribution < 1.29 is 14.4 Å². The second kappa shape index (κ2) is 8.62. The van der Waals surface area contributed by atoms with Crippen molar-refractivity contribution in [2.45, 2.75) is 32.1 Å². The Morgan fingerprint density at radius 2 is 1.81 bits per heavy atom. The highest BCUT2D eigenvalue weighted by molar-refractivity contribution is 6.01. The Kier molecular flexibility index (Phi) is 5.72. The van der Waals surface area contributed by atoms with E-state index in [9.17, 15) is 14.4 Å². The number of hydrogen-bond donors (Lipinski definition) is 2. The first-order valence-corrected chi connectivity index (χ1v) is 10.2. The number of pyridine rings is 1. The molecular formula is C23H24N6O3. The molecule has 4 rings (SSSR count). The van der Waals surface area contributed by atoms with Gasteiger partial charge in [-0.1, -0.05) is 36.4 Å². The molecule has 1 aliphatic heterocycles. The molecule has 9 heteroatoms. The lowest BCUT2D eigenvalue weighted by Gasteiger charge is -2.40. The van der Waals surface area contributed by atoms with E-state index in [0.717, 1.165) is 5.56 Å². The maximum absolute atomic E-state index is 13.0. The molecule has 0 unspecified atom stereocenters. The lowest BCUT2D eigenvalue weighted by molar-refractivity contribution is -0.132. The van der Waals surface area contributed by atoms with E-state index in [1.165, 1.54) is 15.6 Å². The van der Waals surface area contributed by atoms with Gasteiger partial charge in [-0.25, -0.2) is 0 Å². The van der Waals surface area contributed by atoms with E-state index in [1.807, 2.05) is 36.4 Å². The van der Waals surface area contributed by atoms with Crippen LogP contribution in [0.2, 0.25) is 0 Å². The molecule has 1 atom stereocenters. The molecule has 2 aromatic heterocycles. The summed E-state index contributed by atoms with van der Waals surface area (Å²) in [5.74, 6) is -1.08. The molecule has 0 radical (unpaired) electrons. The quantitative estimate of drug-likeness (QED) is 0.612. The minimum absolute atomic E-state index is 0.117. The molecule has 0 aliphatic carbocycles. The number of carbonyl (C=O) groups excluding carboxylic acids is 3. The van der Waals surface area contributed by atoms with Crippen LogP contribution in [0.15, 0.2) is 60.8 Å². The minimum atomic E-state index is -1.15. The van der Waals surface area contributed by atoms with Crippen molar-refractivity contribution in [2.75, 3.05) is 7.05 Å². The Labute approximate surface area is 185 Å². The van der Waals surface area contributed by atoms with Crippen LogP contribution in [0.25, 0.3) is 0 Å². The third-order valence-corrected chi connectivity index (χ3v) is 5.68. The first kappa shape index (κ1) is 21.2. The Balaban J connectivity index is 1.48. The van der Waals surface area contributed by atoms with E-state index < -0.39 is 11.4 Å². The van der Waals surface area contributed by atoms with Gasteiger partial charge in [-0.2, -0.15) is 5.10 Å². The van der Waals surface area contributed by atoms with Gasteiger partial charge in [0.15, 0.2) is 5.69 Å². The zero-order valence-electron chi connectivity index (χ0n) is 17.9. The highest BCUT2D eigenvalue weighted by atomic mass is 16.2. The molecule has 32 heavy (non-hydrogen) atoms. The smallest absolute Gasteiger partial charge is 0.272 e. The summed E-state index contributed by atoms with van der Waals surface area (Å²) in [4.78, 5) is 44.1. The van der Waals surface area contributed by atoms with Crippen molar-refractivity contribution in [3.8, 4) is 0 Å². The van der Waals surface area contributed by atoms with Crippen molar-refractivity contribution in [3.05, 3.63) is 83.4 Å². The monoisotopic (exact) mass is 432 g/mol. The van der Waals surface area contributed by atoms with Crippen molar-refractivity contribution in [2.24, 2.45) is 0 Å². The van der Waals surface area contributed by atoms with E-state index >= 15 is 0 Å². The van der Waals surface area contributed by atoms with Gasteiger partial charge in [-0.05, 0) is 24.6 Å². The molecule has 2 N–H and O–H groups in total. The minimum Gasteiger partial charge on any atom is -0.350 e. The topological polar surface area (TPSA) is 109 Å². The van der Waals surface area contributed by atoms with Crippen LogP contribution < -0.4 is 10.6 Å². The van der Waals surface area contributed by atoms with Crippen molar-refractivity contribution >= 4 is 17.7 Å².